The van der Waals surface area contributed by atoms with E-state index in [1.165, 1.54) is 0 Å². The van der Waals surface area contributed by atoms with E-state index >= 15 is 0 Å². The Morgan fingerprint density at radius 1 is 0.560 bits per heavy atom. The Morgan fingerprint density at radius 3 is 1.80 bits per heavy atom. The van der Waals surface area contributed by atoms with E-state index in [0.29, 0.717) is 22.6 Å². The Morgan fingerprint density at radius 2 is 1.16 bits per heavy atom. The van der Waals surface area contributed by atoms with Gasteiger partial charge in [0.05, 0.1) is 10.0 Å². The van der Waals surface area contributed by atoms with Gasteiger partial charge < -0.3 is 0 Å². The highest BCUT2D eigenvalue weighted by Gasteiger charge is 2.18. The van der Waals surface area contributed by atoms with Crippen molar-refractivity contribution in [2.24, 2.45) is 0 Å². The number of hydrogen-bond donors (Lipinski definition) is 0. The molecule has 6 heteroatoms. The quantitative estimate of drug-likeness (QED) is 0.378. The minimum absolute atomic E-state index is 0.132. The zero-order valence-electron chi connectivity index (χ0n) is 12.7. The van der Waals surface area contributed by atoms with E-state index in [9.17, 15) is 0 Å². The van der Waals surface area contributed by atoms with Gasteiger partial charge in [0.1, 0.15) is 21.9 Å². The van der Waals surface area contributed by atoms with Crippen molar-refractivity contribution in [3.63, 3.8) is 0 Å². The number of aromatic nitrogens is 3. The molecule has 0 spiro atoms. The van der Waals surface area contributed by atoms with Crippen molar-refractivity contribution in [2.75, 3.05) is 0 Å². The van der Waals surface area contributed by atoms with Gasteiger partial charge in [-0.15, -0.1) is 0 Å². The first-order valence-electron chi connectivity index (χ1n) is 7.48. The Labute approximate surface area is 159 Å². The summed E-state index contributed by atoms with van der Waals surface area (Å²) in [6.07, 6.45) is 0. The third-order valence-corrected chi connectivity index (χ3v) is 4.96. The van der Waals surface area contributed by atoms with Crippen LogP contribution in [0.2, 0.25) is 15.2 Å². The molecule has 0 aliphatic carbocycles. The lowest BCUT2D eigenvalue weighted by Gasteiger charge is -2.11. The van der Waals surface area contributed by atoms with Crippen LogP contribution in [-0.4, -0.2) is 15.0 Å². The second kappa shape index (κ2) is 6.60. The summed E-state index contributed by atoms with van der Waals surface area (Å²) in [5, 5.41) is 0.591. The maximum atomic E-state index is 6.40. The van der Waals surface area contributed by atoms with E-state index in [1.54, 1.807) is 0 Å². The molecule has 0 unspecified atom stereocenters. The van der Waals surface area contributed by atoms with Crippen LogP contribution in [0.15, 0.2) is 60.7 Å². The zero-order valence-corrected chi connectivity index (χ0v) is 15.0. The fraction of sp³-hybridized carbons (Fsp3) is 0. The minimum atomic E-state index is 0.132. The molecule has 0 saturated heterocycles. The van der Waals surface area contributed by atoms with Crippen LogP contribution in [0.25, 0.3) is 33.7 Å². The highest BCUT2D eigenvalue weighted by Crippen LogP contribution is 2.37. The zero-order chi connectivity index (χ0) is 17.4. The van der Waals surface area contributed by atoms with E-state index in [2.05, 4.69) is 9.97 Å². The molecule has 2 aromatic carbocycles. The molecule has 25 heavy (non-hydrogen) atoms. The Balaban J connectivity index is 2.11. The van der Waals surface area contributed by atoms with Crippen molar-refractivity contribution in [3.8, 4) is 22.6 Å². The topological polar surface area (TPSA) is 38.7 Å². The predicted octanol–water partition coefficient (Wildman–Crippen LogP) is 6.32. The maximum absolute atomic E-state index is 6.40. The normalized spacial score (nSPS) is 11.0. The molecular formula is C19H10Cl3N3. The lowest BCUT2D eigenvalue weighted by atomic mass is 10.1. The van der Waals surface area contributed by atoms with Crippen LogP contribution < -0.4 is 0 Å². The monoisotopic (exact) mass is 385 g/mol. The molecule has 0 bridgehead atoms. The molecule has 0 saturated carbocycles. The standard InChI is InChI=1S/C19H10Cl3N3/c20-13-14(21)18(22)23-17-15(11-7-3-1-4-8-11)24-19(25-16(13)17)12-9-5-2-6-10-12/h1-10H. The highest BCUT2D eigenvalue weighted by atomic mass is 35.5. The average molecular weight is 387 g/mol. The van der Waals surface area contributed by atoms with E-state index < -0.39 is 0 Å². The Kier molecular flexibility index (Phi) is 4.30. The van der Waals surface area contributed by atoms with Crippen LogP contribution in [0.5, 0.6) is 0 Å². The lowest BCUT2D eigenvalue weighted by Crippen LogP contribution is -1.98. The fourth-order valence-corrected chi connectivity index (χ4v) is 3.15. The second-order valence-corrected chi connectivity index (χ2v) is 6.47. The van der Waals surface area contributed by atoms with Crippen LogP contribution >= 0.6 is 34.8 Å². The number of halogens is 3. The SMILES string of the molecule is Clc1nc2c(-c3ccccc3)nc(-c3ccccc3)nc2c(Cl)c1Cl. The van der Waals surface area contributed by atoms with Crippen molar-refractivity contribution in [2.45, 2.75) is 0 Å². The summed E-state index contributed by atoms with van der Waals surface area (Å²) in [4.78, 5) is 13.7. The largest absolute Gasteiger partial charge is 0.230 e. The van der Waals surface area contributed by atoms with Crippen LogP contribution in [0.3, 0.4) is 0 Å². The number of pyridine rings is 1. The number of rotatable bonds is 2. The van der Waals surface area contributed by atoms with Crippen LogP contribution in [0.4, 0.5) is 0 Å². The molecule has 2 aromatic heterocycles. The molecule has 4 aromatic rings. The molecule has 0 fully saturated rings. The van der Waals surface area contributed by atoms with Crippen molar-refractivity contribution in [1.82, 2.24) is 15.0 Å². The first-order valence-corrected chi connectivity index (χ1v) is 8.61. The number of fused-ring (bicyclic) bond motifs is 1. The summed E-state index contributed by atoms with van der Waals surface area (Å²) < 4.78 is 0. The summed E-state index contributed by atoms with van der Waals surface area (Å²) in [6, 6.07) is 19.4. The minimum Gasteiger partial charge on any atom is -0.230 e. The van der Waals surface area contributed by atoms with Gasteiger partial charge in [-0.1, -0.05) is 95.5 Å². The summed E-state index contributed by atoms with van der Waals surface area (Å²) in [5.74, 6) is 0.550. The number of nitrogens with zero attached hydrogens (tertiary/aromatic N) is 3. The summed E-state index contributed by atoms with van der Waals surface area (Å²) in [6.45, 7) is 0. The van der Waals surface area contributed by atoms with E-state index in [1.807, 2.05) is 60.7 Å². The molecule has 3 nitrogen and oxygen atoms in total. The van der Waals surface area contributed by atoms with E-state index in [0.717, 1.165) is 11.1 Å². The highest BCUT2D eigenvalue weighted by molar-refractivity contribution is 6.49. The first kappa shape index (κ1) is 16.3. The van der Waals surface area contributed by atoms with Crippen LogP contribution in [0, 0.1) is 0 Å². The molecule has 0 aliphatic rings. The number of hydrogen-bond acceptors (Lipinski definition) is 3. The third-order valence-electron chi connectivity index (χ3n) is 3.75. The summed E-state index contributed by atoms with van der Waals surface area (Å²) in [7, 11) is 0. The predicted molar refractivity (Wildman–Crippen MR) is 103 cm³/mol. The molecule has 0 aliphatic heterocycles. The van der Waals surface area contributed by atoms with Crippen LogP contribution in [0.1, 0.15) is 0 Å². The second-order valence-electron chi connectivity index (χ2n) is 5.36. The van der Waals surface area contributed by atoms with Gasteiger partial charge in [0, 0.05) is 11.1 Å². The Bertz CT molecular complexity index is 1070. The molecule has 122 valence electrons. The first-order chi connectivity index (χ1) is 12.1. The molecule has 2 heterocycles. The number of benzene rings is 2. The molecule has 0 radical (unpaired) electrons. The Hall–Kier alpha value is -2.20. The van der Waals surface area contributed by atoms with E-state index in [-0.39, 0.29) is 15.2 Å². The van der Waals surface area contributed by atoms with Gasteiger partial charge in [-0.2, -0.15) is 0 Å². The summed E-state index contributed by atoms with van der Waals surface area (Å²) >= 11 is 18.7. The average Bonchev–Trinajstić information content (AvgIpc) is 2.67. The molecule has 0 amide bonds. The van der Waals surface area contributed by atoms with E-state index in [4.69, 9.17) is 39.8 Å². The van der Waals surface area contributed by atoms with Gasteiger partial charge in [-0.05, 0) is 0 Å². The summed E-state index contributed by atoms with van der Waals surface area (Å²) in [5.41, 5.74) is 3.43. The molecule has 0 atom stereocenters. The van der Waals surface area contributed by atoms with Crippen molar-refractivity contribution in [3.05, 3.63) is 75.9 Å². The molecular weight excluding hydrogens is 377 g/mol. The van der Waals surface area contributed by atoms with Gasteiger partial charge in [0.2, 0.25) is 0 Å². The van der Waals surface area contributed by atoms with Gasteiger partial charge in [0.25, 0.3) is 0 Å². The van der Waals surface area contributed by atoms with Gasteiger partial charge >= 0.3 is 0 Å². The van der Waals surface area contributed by atoms with Crippen molar-refractivity contribution < 1.29 is 0 Å². The van der Waals surface area contributed by atoms with Crippen molar-refractivity contribution in [1.29, 1.82) is 0 Å². The van der Waals surface area contributed by atoms with Crippen molar-refractivity contribution >= 4 is 45.8 Å². The lowest BCUT2D eigenvalue weighted by molar-refractivity contribution is 1.20. The van der Waals surface area contributed by atoms with Crippen LogP contribution in [-0.2, 0) is 0 Å². The fourth-order valence-electron chi connectivity index (χ4n) is 2.57. The smallest absolute Gasteiger partial charge is 0.160 e. The van der Waals surface area contributed by atoms with Gasteiger partial charge in [-0.3, -0.25) is 0 Å². The van der Waals surface area contributed by atoms with Gasteiger partial charge in [0.15, 0.2) is 5.82 Å². The molecule has 0 N–H and O–H groups in total. The third kappa shape index (κ3) is 2.95. The molecule has 4 rings (SSSR count). The maximum Gasteiger partial charge on any atom is 0.160 e. The van der Waals surface area contributed by atoms with Gasteiger partial charge in [-0.25, -0.2) is 15.0 Å².